The molecule has 1 unspecified atom stereocenters. The minimum Gasteiger partial charge on any atom is -0.381 e. The lowest BCUT2D eigenvalue weighted by atomic mass is 10.1. The highest BCUT2D eigenvalue weighted by Crippen LogP contribution is 2.13. The Labute approximate surface area is 325 Å². The van der Waals surface area contributed by atoms with Gasteiger partial charge in [-0.05, 0) is 103 Å². The molecular formula is C47H90N2O3. The molecule has 5 heteroatoms. The molecule has 1 heterocycles. The van der Waals surface area contributed by atoms with Gasteiger partial charge in [0.05, 0.1) is 6.61 Å². The molecule has 0 aromatic rings. The minimum atomic E-state index is -0.234. The van der Waals surface area contributed by atoms with Gasteiger partial charge < -0.3 is 19.7 Å². The van der Waals surface area contributed by atoms with Crippen molar-refractivity contribution in [2.45, 2.75) is 232 Å². The molecule has 0 saturated carbocycles. The van der Waals surface area contributed by atoms with E-state index in [2.05, 4.69) is 48.4 Å². The largest absolute Gasteiger partial charge is 0.381 e. The van der Waals surface area contributed by atoms with E-state index >= 15 is 0 Å². The predicted molar refractivity (Wildman–Crippen MR) is 227 cm³/mol. The Balaban J connectivity index is 2.08. The Kier molecular flexibility index (Phi) is 38.5. The van der Waals surface area contributed by atoms with Crippen LogP contribution in [-0.2, 0) is 14.3 Å². The summed E-state index contributed by atoms with van der Waals surface area (Å²) in [4.78, 5) is 15.2. The molecule has 1 N–H and O–H groups in total. The van der Waals surface area contributed by atoms with E-state index in [1.165, 1.54) is 193 Å². The van der Waals surface area contributed by atoms with Crippen LogP contribution >= 0.6 is 0 Å². The zero-order chi connectivity index (χ0) is 37.3. The Hall–Kier alpha value is -1.17. The molecule has 1 atom stereocenters. The van der Waals surface area contributed by atoms with E-state index in [1.807, 2.05) is 0 Å². The second kappa shape index (κ2) is 41.0. The first kappa shape index (κ1) is 48.8. The molecule has 0 spiro atoms. The summed E-state index contributed by atoms with van der Waals surface area (Å²) < 4.78 is 12.2. The molecule has 1 rings (SSSR count). The van der Waals surface area contributed by atoms with Gasteiger partial charge in [0.2, 0.25) is 5.91 Å². The number of carbonyl (C=O) groups is 1. The number of carbonyl (C=O) groups excluding carboxylic acids is 1. The third-order valence-electron chi connectivity index (χ3n) is 10.7. The fraction of sp³-hybridized carbons (Fsp3) is 0.894. The third-order valence-corrected chi connectivity index (χ3v) is 10.7. The number of ether oxygens (including phenoxy) is 2. The lowest BCUT2D eigenvalue weighted by molar-refractivity contribution is -0.126. The number of nitrogens with one attached hydrogen (secondary N) is 1. The second-order valence-corrected chi connectivity index (χ2v) is 15.9. The van der Waals surface area contributed by atoms with Crippen LogP contribution in [0.4, 0.5) is 0 Å². The lowest BCUT2D eigenvalue weighted by Gasteiger charge is -2.20. The lowest BCUT2D eigenvalue weighted by Crippen LogP contribution is -2.38. The zero-order valence-corrected chi connectivity index (χ0v) is 35.1. The summed E-state index contributed by atoms with van der Waals surface area (Å²) >= 11 is 0. The molecule has 1 saturated heterocycles. The van der Waals surface area contributed by atoms with Gasteiger partial charge in [-0.15, -0.1) is 0 Å². The number of likely N-dealkylation sites (tertiary alicyclic amines) is 1. The molecule has 0 aromatic carbocycles. The van der Waals surface area contributed by atoms with Crippen LogP contribution in [0.25, 0.3) is 0 Å². The van der Waals surface area contributed by atoms with E-state index in [0.29, 0.717) is 13.0 Å². The van der Waals surface area contributed by atoms with Crippen molar-refractivity contribution in [3.8, 4) is 0 Å². The SMILES string of the molecule is CCCCCCCCC=CCCCCCCCCOCCC(NC(=O)CCCN1CCCC1)OCCCCCCCCC=CCCCCCCCC. The Bertz CT molecular complexity index is 779. The Morgan fingerprint density at radius 1 is 0.538 bits per heavy atom. The topological polar surface area (TPSA) is 50.8 Å². The van der Waals surface area contributed by atoms with Crippen LogP contribution in [0.1, 0.15) is 226 Å². The van der Waals surface area contributed by atoms with Crippen molar-refractivity contribution in [3.05, 3.63) is 24.3 Å². The maximum absolute atomic E-state index is 12.8. The number of unbranched alkanes of at least 4 members (excludes halogenated alkanes) is 24. The predicted octanol–water partition coefficient (Wildman–Crippen LogP) is 13.8. The van der Waals surface area contributed by atoms with Gasteiger partial charge in [-0.2, -0.15) is 0 Å². The van der Waals surface area contributed by atoms with Gasteiger partial charge in [-0.25, -0.2) is 0 Å². The van der Waals surface area contributed by atoms with Crippen molar-refractivity contribution < 1.29 is 14.3 Å². The first-order valence-corrected chi connectivity index (χ1v) is 23.3. The fourth-order valence-corrected chi connectivity index (χ4v) is 7.24. The number of nitrogens with zero attached hydrogens (tertiary/aromatic N) is 1. The highest BCUT2D eigenvalue weighted by atomic mass is 16.5. The summed E-state index contributed by atoms with van der Waals surface area (Å²) in [5.74, 6) is 0.124. The van der Waals surface area contributed by atoms with Gasteiger partial charge in [0, 0.05) is 26.1 Å². The van der Waals surface area contributed by atoms with Crippen molar-refractivity contribution in [3.63, 3.8) is 0 Å². The molecular weight excluding hydrogens is 641 g/mol. The zero-order valence-electron chi connectivity index (χ0n) is 35.1. The van der Waals surface area contributed by atoms with Crippen LogP contribution in [0.15, 0.2) is 24.3 Å². The summed E-state index contributed by atoms with van der Waals surface area (Å²) in [5.41, 5.74) is 0. The highest BCUT2D eigenvalue weighted by molar-refractivity contribution is 5.76. The smallest absolute Gasteiger partial charge is 0.222 e. The first-order chi connectivity index (χ1) is 25.8. The molecule has 0 radical (unpaired) electrons. The molecule has 1 fully saturated rings. The molecule has 1 amide bonds. The van der Waals surface area contributed by atoms with Crippen molar-refractivity contribution >= 4 is 5.91 Å². The molecule has 1 aliphatic rings. The van der Waals surface area contributed by atoms with E-state index in [4.69, 9.17) is 9.47 Å². The quantitative estimate of drug-likeness (QED) is 0.0387. The van der Waals surface area contributed by atoms with E-state index in [9.17, 15) is 4.79 Å². The fourth-order valence-electron chi connectivity index (χ4n) is 7.24. The number of hydrogen-bond donors (Lipinski definition) is 1. The average Bonchev–Trinajstić information content (AvgIpc) is 3.67. The second-order valence-electron chi connectivity index (χ2n) is 15.9. The van der Waals surface area contributed by atoms with E-state index < -0.39 is 0 Å². The summed E-state index contributed by atoms with van der Waals surface area (Å²) in [7, 11) is 0. The number of amides is 1. The van der Waals surface area contributed by atoms with Crippen molar-refractivity contribution in [1.82, 2.24) is 10.2 Å². The summed E-state index contributed by atoms with van der Waals surface area (Å²) in [5, 5.41) is 3.18. The maximum atomic E-state index is 12.8. The number of allylic oxidation sites excluding steroid dienone is 4. The normalized spacial score (nSPS) is 14.3. The molecule has 5 nitrogen and oxygen atoms in total. The van der Waals surface area contributed by atoms with Gasteiger partial charge in [0.1, 0.15) is 6.23 Å². The Morgan fingerprint density at radius 3 is 1.44 bits per heavy atom. The van der Waals surface area contributed by atoms with Crippen LogP contribution in [-0.4, -0.2) is 56.5 Å². The van der Waals surface area contributed by atoms with Crippen LogP contribution in [0.3, 0.4) is 0 Å². The molecule has 306 valence electrons. The first-order valence-electron chi connectivity index (χ1n) is 23.3. The summed E-state index contributed by atoms with van der Waals surface area (Å²) in [6.07, 6.45) is 51.1. The molecule has 0 bridgehead atoms. The average molecular weight is 731 g/mol. The molecule has 0 aromatic heterocycles. The van der Waals surface area contributed by atoms with Crippen molar-refractivity contribution in [2.75, 3.05) is 39.5 Å². The maximum Gasteiger partial charge on any atom is 0.222 e. The van der Waals surface area contributed by atoms with Crippen LogP contribution in [0.5, 0.6) is 0 Å². The standard InChI is InChI=1S/C47H90N2O3/c1-3-5-7-9-11-13-15-17-19-21-23-25-27-29-31-35-43-51-45-39-47(48-46(50)38-37-42-49-40-33-34-41-49)52-44-36-32-30-28-26-24-22-20-18-16-14-12-10-8-6-4-2/h17-20,47H,3-16,21-45H2,1-2H3,(H,48,50). The van der Waals surface area contributed by atoms with Gasteiger partial charge in [0.25, 0.3) is 0 Å². The van der Waals surface area contributed by atoms with Crippen LogP contribution in [0, 0.1) is 0 Å². The highest BCUT2D eigenvalue weighted by Gasteiger charge is 2.15. The van der Waals surface area contributed by atoms with Crippen molar-refractivity contribution in [1.29, 1.82) is 0 Å². The molecule has 52 heavy (non-hydrogen) atoms. The van der Waals surface area contributed by atoms with E-state index in [-0.39, 0.29) is 12.1 Å². The van der Waals surface area contributed by atoms with E-state index in [0.717, 1.165) is 45.4 Å². The summed E-state index contributed by atoms with van der Waals surface area (Å²) in [6, 6.07) is 0. The van der Waals surface area contributed by atoms with Gasteiger partial charge in [-0.1, -0.05) is 154 Å². The Morgan fingerprint density at radius 2 is 0.962 bits per heavy atom. The van der Waals surface area contributed by atoms with Gasteiger partial charge in [0.15, 0.2) is 0 Å². The molecule has 1 aliphatic heterocycles. The van der Waals surface area contributed by atoms with Crippen molar-refractivity contribution in [2.24, 2.45) is 0 Å². The molecule has 0 aliphatic carbocycles. The van der Waals surface area contributed by atoms with Crippen LogP contribution in [0.2, 0.25) is 0 Å². The number of rotatable bonds is 41. The third kappa shape index (κ3) is 35.8. The van der Waals surface area contributed by atoms with E-state index in [1.54, 1.807) is 0 Å². The monoisotopic (exact) mass is 731 g/mol. The minimum absolute atomic E-state index is 0.124. The van der Waals surface area contributed by atoms with Gasteiger partial charge in [-0.3, -0.25) is 4.79 Å². The van der Waals surface area contributed by atoms with Crippen LogP contribution < -0.4 is 5.32 Å². The summed E-state index contributed by atoms with van der Waals surface area (Å²) in [6.45, 7) is 10.2. The van der Waals surface area contributed by atoms with Gasteiger partial charge >= 0.3 is 0 Å². The number of hydrogen-bond acceptors (Lipinski definition) is 4.